The van der Waals surface area contributed by atoms with Crippen molar-refractivity contribution in [1.82, 2.24) is 9.21 Å². The predicted octanol–water partition coefficient (Wildman–Crippen LogP) is 2.03. The summed E-state index contributed by atoms with van der Waals surface area (Å²) >= 11 is 1.33. The molecule has 2 heterocycles. The lowest BCUT2D eigenvalue weighted by molar-refractivity contribution is -0.117. The number of aryl methyl sites for hydroxylation is 1. The Labute approximate surface area is 180 Å². The van der Waals surface area contributed by atoms with E-state index in [1.54, 1.807) is 0 Å². The number of nitrogens with one attached hydrogen (secondary N) is 1. The Hall–Kier alpha value is -2.27. The quantitative estimate of drug-likeness (QED) is 0.675. The maximum absolute atomic E-state index is 12.6. The van der Waals surface area contributed by atoms with E-state index in [9.17, 15) is 18.0 Å². The molecule has 2 aromatic rings. The van der Waals surface area contributed by atoms with Gasteiger partial charge in [-0.05, 0) is 12.5 Å². The van der Waals surface area contributed by atoms with E-state index in [-0.39, 0.29) is 12.5 Å². The second-order valence-electron chi connectivity index (χ2n) is 7.08. The molecule has 0 aliphatic carbocycles. The molecule has 1 aromatic heterocycles. The molecule has 0 bridgehead atoms. The zero-order chi connectivity index (χ0) is 21.9. The molecule has 8 nitrogen and oxygen atoms in total. The van der Waals surface area contributed by atoms with Crippen LogP contribution in [0.15, 0.2) is 30.3 Å². The lowest BCUT2D eigenvalue weighted by Crippen LogP contribution is -2.50. The molecule has 0 unspecified atom stereocenters. The van der Waals surface area contributed by atoms with Gasteiger partial charge < -0.3 is 10.1 Å². The summed E-state index contributed by atoms with van der Waals surface area (Å²) in [5.41, 5.74) is 1.98. The Bertz CT molecular complexity index is 1030. The minimum Gasteiger partial charge on any atom is -0.465 e. The number of nitrogens with zero attached hydrogens (tertiary/aromatic N) is 2. The summed E-state index contributed by atoms with van der Waals surface area (Å²) in [7, 11) is -1.90. The van der Waals surface area contributed by atoms with E-state index in [1.807, 2.05) is 42.2 Å². The van der Waals surface area contributed by atoms with Crippen LogP contribution in [0.4, 0.5) is 5.00 Å². The van der Waals surface area contributed by atoms with Crippen molar-refractivity contribution in [3.8, 4) is 11.1 Å². The fourth-order valence-corrected chi connectivity index (χ4v) is 5.38. The van der Waals surface area contributed by atoms with Gasteiger partial charge in [-0.1, -0.05) is 30.3 Å². The van der Waals surface area contributed by atoms with Crippen molar-refractivity contribution < 1.29 is 22.7 Å². The van der Waals surface area contributed by atoms with Crippen LogP contribution in [0.25, 0.3) is 11.1 Å². The first kappa shape index (κ1) is 22.4. The number of thiophene rings is 1. The molecule has 1 saturated heterocycles. The second-order valence-corrected chi connectivity index (χ2v) is 10.3. The largest absolute Gasteiger partial charge is 0.465 e. The van der Waals surface area contributed by atoms with Gasteiger partial charge >= 0.3 is 5.97 Å². The number of benzene rings is 1. The molecular formula is C20H25N3O5S2. The number of sulfonamides is 1. The molecule has 162 valence electrons. The normalized spacial score (nSPS) is 15.7. The van der Waals surface area contributed by atoms with Gasteiger partial charge in [0.05, 0.1) is 19.9 Å². The van der Waals surface area contributed by atoms with Crippen molar-refractivity contribution in [1.29, 1.82) is 0 Å². The highest BCUT2D eigenvalue weighted by molar-refractivity contribution is 7.88. The molecule has 0 saturated carbocycles. The van der Waals surface area contributed by atoms with Crippen LogP contribution in [0.1, 0.15) is 15.2 Å². The molecule has 1 aromatic carbocycles. The maximum atomic E-state index is 12.6. The summed E-state index contributed by atoms with van der Waals surface area (Å²) in [6.45, 7) is 3.69. The highest BCUT2D eigenvalue weighted by Gasteiger charge is 2.27. The van der Waals surface area contributed by atoms with Crippen molar-refractivity contribution in [2.24, 2.45) is 0 Å². The van der Waals surface area contributed by atoms with Crippen molar-refractivity contribution in [3.05, 3.63) is 40.8 Å². The van der Waals surface area contributed by atoms with Crippen LogP contribution in [0.3, 0.4) is 0 Å². The van der Waals surface area contributed by atoms with Crippen molar-refractivity contribution >= 4 is 38.2 Å². The summed E-state index contributed by atoms with van der Waals surface area (Å²) in [5, 5.41) is 3.31. The van der Waals surface area contributed by atoms with Gasteiger partial charge in [-0.25, -0.2) is 13.2 Å². The third-order valence-electron chi connectivity index (χ3n) is 4.96. The number of piperazine rings is 1. The zero-order valence-corrected chi connectivity index (χ0v) is 18.8. The predicted molar refractivity (Wildman–Crippen MR) is 117 cm³/mol. The van der Waals surface area contributed by atoms with E-state index < -0.39 is 16.0 Å². The Morgan fingerprint density at radius 2 is 1.77 bits per heavy atom. The molecule has 3 rings (SSSR count). The molecule has 10 heteroatoms. The van der Waals surface area contributed by atoms with Gasteiger partial charge in [-0.3, -0.25) is 9.69 Å². The average Bonchev–Trinajstić information content (AvgIpc) is 3.03. The first-order valence-corrected chi connectivity index (χ1v) is 12.1. The van der Waals surface area contributed by atoms with Gasteiger partial charge in [0, 0.05) is 36.6 Å². The first-order chi connectivity index (χ1) is 14.2. The topological polar surface area (TPSA) is 96.0 Å². The number of hydrogen-bond donors (Lipinski definition) is 1. The smallest absolute Gasteiger partial charge is 0.341 e. The standard InChI is InChI=1S/C20H25N3O5S2/c1-14-17(15-7-5-4-6-8-15)18(20(25)28-2)19(29-14)21-16(24)13-22-9-11-23(12-10-22)30(3,26)27/h4-8H,9-13H2,1-3H3,(H,21,24). The van der Waals surface area contributed by atoms with Gasteiger partial charge in [0.15, 0.2) is 0 Å². The van der Waals surface area contributed by atoms with E-state index >= 15 is 0 Å². The molecule has 0 radical (unpaired) electrons. The van der Waals surface area contributed by atoms with Crippen molar-refractivity contribution in [2.45, 2.75) is 6.92 Å². The average molecular weight is 452 g/mol. The molecule has 0 spiro atoms. The van der Waals surface area contributed by atoms with Crippen molar-refractivity contribution in [3.63, 3.8) is 0 Å². The number of esters is 1. The van der Waals surface area contributed by atoms with E-state index in [0.29, 0.717) is 36.7 Å². The number of hydrogen-bond acceptors (Lipinski definition) is 7. The zero-order valence-electron chi connectivity index (χ0n) is 17.2. The number of methoxy groups -OCH3 is 1. The summed E-state index contributed by atoms with van der Waals surface area (Å²) in [6, 6.07) is 9.50. The van der Waals surface area contributed by atoms with Crippen LogP contribution in [0.2, 0.25) is 0 Å². The van der Waals surface area contributed by atoms with E-state index in [2.05, 4.69) is 5.32 Å². The van der Waals surface area contributed by atoms with Crippen LogP contribution in [-0.4, -0.2) is 75.6 Å². The summed E-state index contributed by atoms with van der Waals surface area (Å²) in [5.74, 6) is -0.760. The number of anilines is 1. The Morgan fingerprint density at radius 1 is 1.13 bits per heavy atom. The minimum atomic E-state index is -3.22. The molecule has 1 aliphatic rings. The molecule has 0 atom stereocenters. The van der Waals surface area contributed by atoms with E-state index in [4.69, 9.17) is 4.74 Å². The third-order valence-corrected chi connectivity index (χ3v) is 7.28. The summed E-state index contributed by atoms with van der Waals surface area (Å²) in [4.78, 5) is 28.0. The third kappa shape index (κ3) is 5.07. The Morgan fingerprint density at radius 3 is 2.33 bits per heavy atom. The van der Waals surface area contributed by atoms with Gasteiger partial charge in [-0.2, -0.15) is 4.31 Å². The molecule has 1 fully saturated rings. The lowest BCUT2D eigenvalue weighted by atomic mass is 10.0. The SMILES string of the molecule is COC(=O)c1c(NC(=O)CN2CCN(S(C)(=O)=O)CC2)sc(C)c1-c1ccccc1. The lowest BCUT2D eigenvalue weighted by Gasteiger charge is -2.32. The summed E-state index contributed by atoms with van der Waals surface area (Å²) < 4.78 is 29.6. The number of rotatable bonds is 6. The van der Waals surface area contributed by atoms with Gasteiger partial charge in [-0.15, -0.1) is 11.3 Å². The van der Waals surface area contributed by atoms with Crippen LogP contribution in [0.5, 0.6) is 0 Å². The highest BCUT2D eigenvalue weighted by atomic mass is 32.2. The van der Waals surface area contributed by atoms with Crippen LogP contribution < -0.4 is 5.32 Å². The minimum absolute atomic E-state index is 0.121. The number of ether oxygens (including phenoxy) is 1. The van der Waals surface area contributed by atoms with Crippen LogP contribution in [0, 0.1) is 6.92 Å². The number of carbonyl (C=O) groups is 2. The van der Waals surface area contributed by atoms with Gasteiger partial charge in [0.25, 0.3) is 0 Å². The fourth-order valence-electron chi connectivity index (χ4n) is 3.47. The number of amides is 1. The van der Waals surface area contributed by atoms with Crippen LogP contribution >= 0.6 is 11.3 Å². The fraction of sp³-hybridized carbons (Fsp3) is 0.400. The molecule has 1 N–H and O–H groups in total. The van der Waals surface area contributed by atoms with Crippen LogP contribution in [-0.2, 0) is 19.6 Å². The Balaban J connectivity index is 1.75. The Kier molecular flexibility index (Phi) is 6.91. The molecule has 1 amide bonds. The van der Waals surface area contributed by atoms with E-state index in [1.165, 1.54) is 29.0 Å². The molecule has 1 aliphatic heterocycles. The van der Waals surface area contributed by atoms with Gasteiger partial charge in [0.1, 0.15) is 10.6 Å². The first-order valence-electron chi connectivity index (χ1n) is 9.45. The second kappa shape index (κ2) is 9.25. The van der Waals surface area contributed by atoms with Gasteiger partial charge in [0.2, 0.25) is 15.9 Å². The van der Waals surface area contributed by atoms with Crippen molar-refractivity contribution in [2.75, 3.05) is 51.4 Å². The highest BCUT2D eigenvalue weighted by Crippen LogP contribution is 2.40. The molecular weight excluding hydrogens is 426 g/mol. The maximum Gasteiger partial charge on any atom is 0.341 e. The molecule has 30 heavy (non-hydrogen) atoms. The summed E-state index contributed by atoms with van der Waals surface area (Å²) in [6.07, 6.45) is 1.19. The monoisotopic (exact) mass is 451 g/mol. The number of carbonyl (C=O) groups excluding carboxylic acids is 2. The van der Waals surface area contributed by atoms with E-state index in [0.717, 1.165) is 16.0 Å².